The summed E-state index contributed by atoms with van der Waals surface area (Å²) in [6.45, 7) is 7.26. The van der Waals surface area contributed by atoms with Crippen LogP contribution in [0.25, 0.3) is 11.4 Å². The average molecular weight is 722 g/mol. The lowest BCUT2D eigenvalue weighted by Gasteiger charge is -2.03. The maximum absolute atomic E-state index is 12.7. The van der Waals surface area contributed by atoms with Crippen molar-refractivity contribution in [3.8, 4) is 11.4 Å². The lowest BCUT2D eigenvalue weighted by Crippen LogP contribution is -2.20. The molecule has 48 heavy (non-hydrogen) atoms. The third-order valence-electron chi connectivity index (χ3n) is 7.55. The maximum Gasteiger partial charge on any atom is 0.282 e. The number of rotatable bonds is 6. The van der Waals surface area contributed by atoms with Crippen LogP contribution in [0, 0.1) is 27.7 Å². The number of nitrogens with zero attached hydrogens (tertiary/aromatic N) is 2. The van der Waals surface area contributed by atoms with Crippen molar-refractivity contribution < 1.29 is 9.59 Å². The van der Waals surface area contributed by atoms with Gasteiger partial charge in [-0.05, 0) is 64.1 Å². The van der Waals surface area contributed by atoms with Gasteiger partial charge in [-0.25, -0.2) is 9.36 Å². The highest BCUT2D eigenvalue weighted by Gasteiger charge is 2.22. The van der Waals surface area contributed by atoms with E-state index in [0.29, 0.717) is 54.0 Å². The van der Waals surface area contributed by atoms with Gasteiger partial charge in [0.15, 0.2) is 11.6 Å². The Labute approximate surface area is 295 Å². The molecule has 2 heterocycles. The zero-order valence-corrected chi connectivity index (χ0v) is 29.1. The first kappa shape index (κ1) is 34.7. The number of H-pyrrole nitrogens is 2. The molecule has 0 bridgehead atoms. The number of carbonyl (C=O) groups excluding carboxylic acids is 2. The summed E-state index contributed by atoms with van der Waals surface area (Å²) in [6, 6.07) is 23.9. The second kappa shape index (κ2) is 14.3. The summed E-state index contributed by atoms with van der Waals surface area (Å²) < 4.78 is 2.58. The van der Waals surface area contributed by atoms with Crippen LogP contribution in [0.1, 0.15) is 54.4 Å². The van der Waals surface area contributed by atoms with Gasteiger partial charge in [-0.15, -0.1) is 0 Å². The lowest BCUT2D eigenvalue weighted by atomic mass is 10.0. The van der Waals surface area contributed by atoms with Crippen LogP contribution in [0.15, 0.2) is 94.5 Å². The second-order valence-electron chi connectivity index (χ2n) is 11.1. The molecule has 0 aliphatic heterocycles. The first-order valence-corrected chi connectivity index (χ1v) is 16.0. The molecular formula is C36H28Cl4N4O4. The van der Waals surface area contributed by atoms with Gasteiger partial charge in [-0.2, -0.15) is 0 Å². The van der Waals surface area contributed by atoms with E-state index in [9.17, 15) is 19.2 Å². The minimum absolute atomic E-state index is 0.116. The molecular weight excluding hydrogens is 694 g/mol. The minimum atomic E-state index is -0.420. The van der Waals surface area contributed by atoms with Crippen molar-refractivity contribution in [2.45, 2.75) is 27.7 Å². The summed E-state index contributed by atoms with van der Waals surface area (Å²) in [7, 11) is 0. The van der Waals surface area contributed by atoms with Crippen LogP contribution >= 0.6 is 46.4 Å². The van der Waals surface area contributed by atoms with Crippen molar-refractivity contribution in [2.75, 3.05) is 0 Å². The summed E-state index contributed by atoms with van der Waals surface area (Å²) in [5, 5.41) is 7.30. The van der Waals surface area contributed by atoms with Crippen molar-refractivity contribution in [2.24, 2.45) is 0 Å². The van der Waals surface area contributed by atoms with Gasteiger partial charge >= 0.3 is 0 Å². The third-order valence-corrected chi connectivity index (χ3v) is 9.03. The predicted octanol–water partition coefficient (Wildman–Crippen LogP) is 8.64. The van der Waals surface area contributed by atoms with E-state index in [4.69, 9.17) is 46.4 Å². The van der Waals surface area contributed by atoms with E-state index in [1.54, 1.807) is 74.5 Å². The van der Waals surface area contributed by atoms with E-state index in [2.05, 4.69) is 10.2 Å². The smallest absolute Gasteiger partial charge is 0.282 e. The van der Waals surface area contributed by atoms with E-state index in [-0.39, 0.29) is 22.7 Å². The molecule has 8 nitrogen and oxygen atoms in total. The average Bonchev–Trinajstić information content (AvgIpc) is 3.53. The number of hydrogen-bond acceptors (Lipinski definition) is 4. The van der Waals surface area contributed by atoms with Gasteiger partial charge in [0.05, 0.1) is 31.5 Å². The highest BCUT2D eigenvalue weighted by Crippen LogP contribution is 2.25. The third kappa shape index (κ3) is 7.12. The normalized spacial score (nSPS) is 10.8. The molecule has 0 radical (unpaired) electrons. The fourth-order valence-corrected chi connectivity index (χ4v) is 5.52. The molecule has 2 N–H and O–H groups in total. The van der Waals surface area contributed by atoms with Crippen molar-refractivity contribution in [3.05, 3.63) is 170 Å². The van der Waals surface area contributed by atoms with Gasteiger partial charge in [0.25, 0.3) is 11.1 Å². The van der Waals surface area contributed by atoms with Gasteiger partial charge in [-0.3, -0.25) is 29.4 Å². The summed E-state index contributed by atoms with van der Waals surface area (Å²) in [5.74, 6) is -0.625. The number of nitrogens with one attached hydrogen (secondary N) is 2. The lowest BCUT2D eigenvalue weighted by molar-refractivity contribution is 0.102. The Kier molecular flexibility index (Phi) is 10.3. The maximum atomic E-state index is 12.7. The summed E-state index contributed by atoms with van der Waals surface area (Å²) in [5.41, 5.74) is 4.45. The molecule has 0 atom stereocenters. The van der Waals surface area contributed by atoms with Crippen molar-refractivity contribution in [1.29, 1.82) is 0 Å². The number of hydrogen-bond donors (Lipinski definition) is 2. The van der Waals surface area contributed by atoms with E-state index >= 15 is 0 Å². The zero-order chi connectivity index (χ0) is 34.9. The van der Waals surface area contributed by atoms with Gasteiger partial charge < -0.3 is 0 Å². The van der Waals surface area contributed by atoms with Crippen molar-refractivity contribution in [1.82, 2.24) is 19.6 Å². The molecule has 0 amide bonds. The number of halogens is 4. The van der Waals surface area contributed by atoms with Crippen molar-refractivity contribution in [3.63, 3.8) is 0 Å². The molecule has 6 aromatic rings. The van der Waals surface area contributed by atoms with E-state index in [1.807, 2.05) is 38.1 Å². The quantitative estimate of drug-likeness (QED) is 0.168. The van der Waals surface area contributed by atoms with Crippen molar-refractivity contribution >= 4 is 58.0 Å². The van der Waals surface area contributed by atoms with Crippen LogP contribution in [0.2, 0.25) is 20.1 Å². The highest BCUT2D eigenvalue weighted by molar-refractivity contribution is 6.42. The zero-order valence-electron chi connectivity index (χ0n) is 26.1. The van der Waals surface area contributed by atoms with Crippen LogP contribution in [0.5, 0.6) is 0 Å². The number of ketones is 2. The summed E-state index contributed by atoms with van der Waals surface area (Å²) in [6.07, 6.45) is 0. The van der Waals surface area contributed by atoms with Gasteiger partial charge in [0.2, 0.25) is 0 Å². The Morgan fingerprint density at radius 2 is 0.833 bits per heavy atom. The number of carbonyl (C=O) groups is 2. The standard InChI is InChI=1S/2C18H14Cl2N2O2/c2*1-10-3-5-12(6-4-10)17(23)16-11(2)21-22(18(16)24)13-7-8-14(19)15(20)9-13/h2*3-9,21H,1-2H3. The van der Waals surface area contributed by atoms with Crippen LogP contribution < -0.4 is 11.1 Å². The Morgan fingerprint density at radius 1 is 0.500 bits per heavy atom. The molecule has 4 aromatic carbocycles. The molecule has 0 saturated carbocycles. The fourth-order valence-electron chi connectivity index (χ4n) is 4.94. The van der Waals surface area contributed by atoms with Gasteiger partial charge in [0.1, 0.15) is 11.1 Å². The molecule has 0 spiro atoms. The van der Waals surface area contributed by atoms with Gasteiger partial charge in [-0.1, -0.05) is 106 Å². The predicted molar refractivity (Wildman–Crippen MR) is 192 cm³/mol. The monoisotopic (exact) mass is 720 g/mol. The molecule has 0 aliphatic rings. The Bertz CT molecular complexity index is 2130. The number of aryl methyl sites for hydroxylation is 4. The topological polar surface area (TPSA) is 110 Å². The minimum Gasteiger partial charge on any atom is -0.295 e. The summed E-state index contributed by atoms with van der Waals surface area (Å²) >= 11 is 23.8. The largest absolute Gasteiger partial charge is 0.295 e. The molecule has 0 saturated heterocycles. The number of aromatic amines is 2. The molecule has 6 rings (SSSR count). The van der Waals surface area contributed by atoms with Crippen LogP contribution in [0.4, 0.5) is 0 Å². The van der Waals surface area contributed by atoms with Gasteiger partial charge in [0, 0.05) is 22.5 Å². The molecule has 244 valence electrons. The second-order valence-corrected chi connectivity index (χ2v) is 12.7. The Morgan fingerprint density at radius 3 is 1.15 bits per heavy atom. The first-order valence-electron chi connectivity index (χ1n) is 14.5. The summed E-state index contributed by atoms with van der Waals surface area (Å²) in [4.78, 5) is 50.8. The molecule has 2 aromatic heterocycles. The molecule has 0 fully saturated rings. The molecule has 0 aliphatic carbocycles. The Hall–Kier alpha value is -4.60. The number of aromatic nitrogens is 4. The van der Waals surface area contributed by atoms with E-state index in [1.165, 1.54) is 9.36 Å². The fraction of sp³-hybridized carbons (Fsp3) is 0.111. The van der Waals surface area contributed by atoms with Crippen LogP contribution in [0.3, 0.4) is 0 Å². The van der Waals surface area contributed by atoms with E-state index < -0.39 is 11.1 Å². The highest BCUT2D eigenvalue weighted by atomic mass is 35.5. The Balaban J connectivity index is 0.000000188. The molecule has 12 heteroatoms. The number of benzene rings is 4. The van der Waals surface area contributed by atoms with Crippen LogP contribution in [-0.2, 0) is 0 Å². The first-order chi connectivity index (χ1) is 22.8. The SMILES string of the molecule is Cc1ccc(C(=O)c2c(C)[nH]n(-c3ccc(Cl)c(Cl)c3)c2=O)cc1.Cc1ccc(C(=O)c2c(C)[nH]n(-c3ccc(Cl)c(Cl)c3)c2=O)cc1. The van der Waals surface area contributed by atoms with E-state index in [0.717, 1.165) is 11.1 Å². The van der Waals surface area contributed by atoms with Crippen LogP contribution in [-0.4, -0.2) is 31.1 Å². The molecule has 0 unspecified atom stereocenters.